The number of hydrogen-bond acceptors (Lipinski definition) is 2. The summed E-state index contributed by atoms with van der Waals surface area (Å²) in [6.45, 7) is 12.1. The molecule has 4 nitrogen and oxygen atoms in total. The first kappa shape index (κ1) is 22.6. The van der Waals surface area contributed by atoms with Gasteiger partial charge in [0.15, 0.2) is 0 Å². The first-order valence-corrected chi connectivity index (χ1v) is 12.8. The summed E-state index contributed by atoms with van der Waals surface area (Å²) in [6.07, 6.45) is 10.7. The van der Waals surface area contributed by atoms with Crippen LogP contribution in [-0.4, -0.2) is 47.5 Å². The molecule has 1 spiro atoms. The number of fused-ring (bicyclic) bond motifs is 2. The van der Waals surface area contributed by atoms with Crippen LogP contribution in [0.4, 0.5) is 4.79 Å². The average molecular weight is 426 g/mol. The van der Waals surface area contributed by atoms with Crippen molar-refractivity contribution < 1.29 is 4.79 Å². The zero-order valence-electron chi connectivity index (χ0n) is 20.2. The van der Waals surface area contributed by atoms with Crippen LogP contribution in [0.25, 0.3) is 0 Å². The minimum Gasteiger partial charge on any atom is -0.331 e. The summed E-state index contributed by atoms with van der Waals surface area (Å²) in [6, 6.07) is 9.53. The highest BCUT2D eigenvalue weighted by molar-refractivity contribution is 5.75. The van der Waals surface area contributed by atoms with Crippen LogP contribution in [0, 0.1) is 5.92 Å². The van der Waals surface area contributed by atoms with Gasteiger partial charge in [-0.3, -0.25) is 0 Å². The topological polar surface area (TPSA) is 35.6 Å². The van der Waals surface area contributed by atoms with Crippen molar-refractivity contribution in [2.75, 3.05) is 19.6 Å². The Morgan fingerprint density at radius 1 is 1.06 bits per heavy atom. The fourth-order valence-corrected chi connectivity index (χ4v) is 6.68. The van der Waals surface area contributed by atoms with Crippen LogP contribution in [0.5, 0.6) is 0 Å². The highest BCUT2D eigenvalue weighted by Gasteiger charge is 2.46. The number of nitrogens with zero attached hydrogens (tertiary/aromatic N) is 2. The lowest BCUT2D eigenvalue weighted by atomic mass is 9.73. The van der Waals surface area contributed by atoms with Gasteiger partial charge in [-0.2, -0.15) is 0 Å². The summed E-state index contributed by atoms with van der Waals surface area (Å²) >= 11 is 0. The third kappa shape index (κ3) is 4.79. The number of benzene rings is 1. The van der Waals surface area contributed by atoms with Gasteiger partial charge in [-0.25, -0.2) is 4.79 Å². The number of nitrogens with one attached hydrogen (secondary N) is 1. The normalized spacial score (nSPS) is 24.0. The van der Waals surface area contributed by atoms with Crippen molar-refractivity contribution in [2.24, 2.45) is 5.92 Å². The van der Waals surface area contributed by atoms with E-state index in [0.29, 0.717) is 0 Å². The second kappa shape index (κ2) is 9.52. The Kier molecular flexibility index (Phi) is 6.95. The van der Waals surface area contributed by atoms with Crippen molar-refractivity contribution in [3.63, 3.8) is 0 Å². The predicted octanol–water partition coefficient (Wildman–Crippen LogP) is 5.87. The van der Waals surface area contributed by atoms with Crippen molar-refractivity contribution in [2.45, 2.75) is 103 Å². The minimum atomic E-state index is 0.0802. The lowest BCUT2D eigenvalue weighted by Crippen LogP contribution is -2.49. The summed E-state index contributed by atoms with van der Waals surface area (Å²) in [5, 5.41) is 3.42. The number of urea groups is 1. The number of carbonyl (C=O) groups is 1. The van der Waals surface area contributed by atoms with Crippen LogP contribution in [0.15, 0.2) is 24.3 Å². The zero-order chi connectivity index (χ0) is 22.0. The molecule has 4 rings (SSSR count). The first-order chi connectivity index (χ1) is 14.9. The maximum absolute atomic E-state index is 13.1. The lowest BCUT2D eigenvalue weighted by Gasteiger charge is -2.42. The Morgan fingerprint density at radius 2 is 1.71 bits per heavy atom. The Morgan fingerprint density at radius 3 is 2.35 bits per heavy atom. The van der Waals surface area contributed by atoms with Crippen LogP contribution < -0.4 is 5.32 Å². The maximum Gasteiger partial charge on any atom is 0.318 e. The second-order valence-corrected chi connectivity index (χ2v) is 11.0. The molecule has 4 heteroatoms. The molecule has 0 unspecified atom stereocenters. The fraction of sp³-hybridized carbons (Fsp3) is 0.741. The van der Waals surface area contributed by atoms with E-state index < -0.39 is 0 Å². The summed E-state index contributed by atoms with van der Waals surface area (Å²) < 4.78 is 0. The average Bonchev–Trinajstić information content (AvgIpc) is 3.03. The highest BCUT2D eigenvalue weighted by atomic mass is 16.2. The predicted molar refractivity (Wildman–Crippen MR) is 128 cm³/mol. The number of hydrogen-bond donors (Lipinski definition) is 1. The monoisotopic (exact) mass is 425 g/mol. The van der Waals surface area contributed by atoms with Crippen LogP contribution >= 0.6 is 0 Å². The molecule has 31 heavy (non-hydrogen) atoms. The standard InChI is InChI=1S/C27H43N3O/c1-20(2)30(21(3)4)26(31)28-25-18-27(24-13-9-8-12-23(24)25)14-16-29(17-15-27)19-22-10-6-5-7-11-22/h8-9,12-13,20-22,25H,5-7,10-11,14-19H2,1-4H3,(H,28,31)/t25-/m0/s1. The molecule has 1 N–H and O–H groups in total. The second-order valence-electron chi connectivity index (χ2n) is 11.0. The molecule has 1 aliphatic heterocycles. The van der Waals surface area contributed by atoms with Gasteiger partial charge in [0.2, 0.25) is 0 Å². The molecule has 1 aromatic carbocycles. The Bertz CT molecular complexity index is 737. The van der Waals surface area contributed by atoms with Crippen LogP contribution in [0.1, 0.15) is 96.2 Å². The van der Waals surface area contributed by atoms with Crippen LogP contribution in [0.3, 0.4) is 0 Å². The van der Waals surface area contributed by atoms with E-state index in [-0.39, 0.29) is 29.6 Å². The van der Waals surface area contributed by atoms with Gasteiger partial charge in [-0.05, 0) is 89.9 Å². The molecule has 1 atom stereocenters. The van der Waals surface area contributed by atoms with Crippen molar-refractivity contribution >= 4 is 6.03 Å². The molecule has 0 aromatic heterocycles. The smallest absolute Gasteiger partial charge is 0.318 e. The number of piperidine rings is 1. The molecule has 1 saturated heterocycles. The quantitative estimate of drug-likeness (QED) is 0.640. The van der Waals surface area contributed by atoms with Gasteiger partial charge in [-0.1, -0.05) is 43.5 Å². The van der Waals surface area contributed by atoms with Crippen molar-refractivity contribution in [1.82, 2.24) is 15.1 Å². The SMILES string of the molecule is CC(C)N(C(=O)N[C@H]1CC2(CCN(CC3CCCCC3)CC2)c2ccccc21)C(C)C. The van der Waals surface area contributed by atoms with Gasteiger partial charge in [0.1, 0.15) is 0 Å². The molecule has 1 saturated carbocycles. The van der Waals surface area contributed by atoms with E-state index in [9.17, 15) is 4.79 Å². The number of amides is 2. The molecule has 0 radical (unpaired) electrons. The summed E-state index contributed by atoms with van der Waals surface area (Å²) in [5.41, 5.74) is 3.08. The van der Waals surface area contributed by atoms with Gasteiger partial charge in [0.25, 0.3) is 0 Å². The van der Waals surface area contributed by atoms with Gasteiger partial charge in [0.05, 0.1) is 6.04 Å². The Balaban J connectivity index is 1.44. The van der Waals surface area contributed by atoms with E-state index >= 15 is 0 Å². The van der Waals surface area contributed by atoms with E-state index in [1.165, 1.54) is 75.7 Å². The largest absolute Gasteiger partial charge is 0.331 e. The molecular weight excluding hydrogens is 382 g/mol. The van der Waals surface area contributed by atoms with Gasteiger partial charge >= 0.3 is 6.03 Å². The minimum absolute atomic E-state index is 0.0802. The van der Waals surface area contributed by atoms with Gasteiger partial charge < -0.3 is 15.1 Å². The zero-order valence-corrected chi connectivity index (χ0v) is 20.2. The van der Waals surface area contributed by atoms with Gasteiger partial charge in [-0.15, -0.1) is 0 Å². The molecule has 2 fully saturated rings. The van der Waals surface area contributed by atoms with E-state index in [4.69, 9.17) is 0 Å². The van der Waals surface area contributed by atoms with E-state index in [2.05, 4.69) is 62.2 Å². The number of rotatable bonds is 5. The molecule has 0 bridgehead atoms. The fourth-order valence-electron chi connectivity index (χ4n) is 6.68. The Labute approximate surface area is 189 Å². The third-order valence-corrected chi connectivity index (χ3v) is 8.20. The summed E-state index contributed by atoms with van der Waals surface area (Å²) in [7, 11) is 0. The molecule has 1 heterocycles. The van der Waals surface area contributed by atoms with Crippen molar-refractivity contribution in [3.05, 3.63) is 35.4 Å². The molecule has 3 aliphatic rings. The van der Waals surface area contributed by atoms with E-state index in [0.717, 1.165) is 12.3 Å². The van der Waals surface area contributed by atoms with E-state index in [1.54, 1.807) is 0 Å². The summed E-state index contributed by atoms with van der Waals surface area (Å²) in [5.74, 6) is 0.920. The molecular formula is C27H43N3O. The van der Waals surface area contributed by atoms with Crippen LogP contribution in [-0.2, 0) is 5.41 Å². The number of likely N-dealkylation sites (tertiary alicyclic amines) is 1. The molecule has 2 amide bonds. The Hall–Kier alpha value is -1.55. The summed E-state index contributed by atoms with van der Waals surface area (Å²) in [4.78, 5) is 17.8. The van der Waals surface area contributed by atoms with Crippen molar-refractivity contribution in [3.8, 4) is 0 Å². The van der Waals surface area contributed by atoms with Gasteiger partial charge in [0, 0.05) is 24.0 Å². The van der Waals surface area contributed by atoms with Crippen molar-refractivity contribution in [1.29, 1.82) is 0 Å². The molecule has 2 aliphatic carbocycles. The lowest BCUT2D eigenvalue weighted by molar-refractivity contribution is 0.122. The third-order valence-electron chi connectivity index (χ3n) is 8.20. The van der Waals surface area contributed by atoms with Crippen LogP contribution in [0.2, 0.25) is 0 Å². The first-order valence-electron chi connectivity index (χ1n) is 12.8. The molecule has 1 aromatic rings. The maximum atomic E-state index is 13.1. The van der Waals surface area contributed by atoms with E-state index in [1.807, 2.05) is 4.90 Å². The molecule has 172 valence electrons. The highest BCUT2D eigenvalue weighted by Crippen LogP contribution is 2.51. The number of carbonyl (C=O) groups excluding carboxylic acids is 1.